The van der Waals surface area contributed by atoms with Crippen molar-refractivity contribution >= 4 is 11.6 Å². The van der Waals surface area contributed by atoms with Crippen molar-refractivity contribution in [3.8, 4) is 5.75 Å². The van der Waals surface area contributed by atoms with Gasteiger partial charge in [-0.2, -0.15) is 0 Å². The molecule has 1 saturated carbocycles. The molecule has 1 saturated heterocycles. The van der Waals surface area contributed by atoms with Gasteiger partial charge in [-0.3, -0.25) is 4.79 Å². The number of benzene rings is 2. The highest BCUT2D eigenvalue weighted by atomic mass is 16.5. The molecule has 2 aromatic carbocycles. The molecule has 1 amide bonds. The molecule has 5 heteroatoms. The average Bonchev–Trinajstić information content (AvgIpc) is 3.43. The highest BCUT2D eigenvalue weighted by molar-refractivity contribution is 5.77. The third-order valence-electron chi connectivity index (χ3n) is 5.27. The number of carbonyl (C=O) groups excluding carboxylic acids is 1. The van der Waals surface area contributed by atoms with Crippen molar-refractivity contribution in [2.45, 2.75) is 31.9 Å². The van der Waals surface area contributed by atoms with Crippen LogP contribution in [0.25, 0.3) is 0 Å². The van der Waals surface area contributed by atoms with Crippen molar-refractivity contribution in [1.82, 2.24) is 5.32 Å². The first kappa shape index (κ1) is 18.8. The van der Waals surface area contributed by atoms with Gasteiger partial charge in [-0.1, -0.05) is 36.4 Å². The van der Waals surface area contributed by atoms with E-state index in [4.69, 9.17) is 9.47 Å². The van der Waals surface area contributed by atoms with Gasteiger partial charge in [-0.25, -0.2) is 0 Å². The van der Waals surface area contributed by atoms with Gasteiger partial charge in [0, 0.05) is 30.9 Å². The maximum Gasteiger partial charge on any atom is 0.246 e. The Balaban J connectivity index is 1.24. The Hall–Kier alpha value is -2.53. The zero-order chi connectivity index (χ0) is 19.2. The Morgan fingerprint density at radius 1 is 1.07 bits per heavy atom. The first-order valence-corrected chi connectivity index (χ1v) is 10.1. The van der Waals surface area contributed by atoms with Gasteiger partial charge in [0.25, 0.3) is 0 Å². The molecule has 0 aromatic heterocycles. The Kier molecular flexibility index (Phi) is 6.12. The Morgan fingerprint density at radius 3 is 2.75 bits per heavy atom. The first-order valence-electron chi connectivity index (χ1n) is 10.1. The quantitative estimate of drug-likeness (QED) is 0.725. The van der Waals surface area contributed by atoms with Gasteiger partial charge in [0.2, 0.25) is 5.91 Å². The maximum atomic E-state index is 12.0. The summed E-state index contributed by atoms with van der Waals surface area (Å²) in [4.78, 5) is 14.3. The standard InChI is InChI=1S/C23H28N2O3/c26-23(17-27-15-19-9-10-19)24-20-11-12-25(14-20)21-7-4-8-22(13-21)28-16-18-5-2-1-3-6-18/h1-8,13,19-20H,9-12,14-17H2,(H,24,26)/t20-/m0/s1. The van der Waals surface area contributed by atoms with E-state index in [1.807, 2.05) is 30.3 Å². The van der Waals surface area contributed by atoms with Gasteiger partial charge in [-0.15, -0.1) is 0 Å². The number of hydrogen-bond donors (Lipinski definition) is 1. The van der Waals surface area contributed by atoms with Crippen molar-refractivity contribution in [2.75, 3.05) is 31.2 Å². The summed E-state index contributed by atoms with van der Waals surface area (Å²) in [6.07, 6.45) is 3.43. The summed E-state index contributed by atoms with van der Waals surface area (Å²) in [7, 11) is 0. The van der Waals surface area contributed by atoms with Crippen molar-refractivity contribution in [2.24, 2.45) is 5.92 Å². The Morgan fingerprint density at radius 2 is 1.93 bits per heavy atom. The van der Waals surface area contributed by atoms with Crippen LogP contribution in [-0.2, 0) is 16.1 Å². The van der Waals surface area contributed by atoms with Gasteiger partial charge in [0.15, 0.2) is 0 Å². The van der Waals surface area contributed by atoms with Gasteiger partial charge in [0.1, 0.15) is 19.0 Å². The summed E-state index contributed by atoms with van der Waals surface area (Å²) in [5.74, 6) is 1.54. The molecule has 0 unspecified atom stereocenters. The molecule has 0 bridgehead atoms. The molecule has 0 radical (unpaired) electrons. The number of amides is 1. The molecule has 1 aliphatic heterocycles. The summed E-state index contributed by atoms with van der Waals surface area (Å²) in [6.45, 7) is 3.20. The largest absolute Gasteiger partial charge is 0.489 e. The molecule has 1 heterocycles. The second kappa shape index (κ2) is 9.11. The topological polar surface area (TPSA) is 50.8 Å². The van der Waals surface area contributed by atoms with Crippen LogP contribution in [-0.4, -0.2) is 38.3 Å². The number of nitrogens with one attached hydrogen (secondary N) is 1. The normalized spacial score (nSPS) is 18.9. The number of nitrogens with zero attached hydrogens (tertiary/aromatic N) is 1. The molecular weight excluding hydrogens is 352 g/mol. The summed E-state index contributed by atoms with van der Waals surface area (Å²) in [6, 6.07) is 18.5. The lowest BCUT2D eigenvalue weighted by atomic mass is 10.2. The van der Waals surface area contributed by atoms with Crippen LogP contribution in [0, 0.1) is 5.92 Å². The third kappa shape index (κ3) is 5.49. The fourth-order valence-electron chi connectivity index (χ4n) is 3.50. The average molecular weight is 380 g/mol. The molecule has 5 nitrogen and oxygen atoms in total. The monoisotopic (exact) mass is 380 g/mol. The minimum Gasteiger partial charge on any atom is -0.489 e. The molecule has 2 aliphatic rings. The van der Waals surface area contributed by atoms with Gasteiger partial charge in [-0.05, 0) is 42.9 Å². The van der Waals surface area contributed by atoms with E-state index in [0.717, 1.165) is 43.1 Å². The number of hydrogen-bond acceptors (Lipinski definition) is 4. The van der Waals surface area contributed by atoms with E-state index in [2.05, 4.69) is 34.5 Å². The number of carbonyl (C=O) groups is 1. The molecule has 0 spiro atoms. The number of ether oxygens (including phenoxy) is 2. The van der Waals surface area contributed by atoms with Crippen LogP contribution in [0.2, 0.25) is 0 Å². The predicted molar refractivity (Wildman–Crippen MR) is 110 cm³/mol. The molecule has 4 rings (SSSR count). The van der Waals surface area contributed by atoms with E-state index >= 15 is 0 Å². The minimum absolute atomic E-state index is 0.00700. The maximum absolute atomic E-state index is 12.0. The molecule has 2 fully saturated rings. The van der Waals surface area contributed by atoms with Crippen LogP contribution < -0.4 is 15.0 Å². The first-order chi connectivity index (χ1) is 13.8. The van der Waals surface area contributed by atoms with Crippen LogP contribution in [0.15, 0.2) is 54.6 Å². The smallest absolute Gasteiger partial charge is 0.246 e. The zero-order valence-electron chi connectivity index (χ0n) is 16.2. The molecule has 1 N–H and O–H groups in total. The molecule has 1 aliphatic carbocycles. The fraction of sp³-hybridized carbons (Fsp3) is 0.435. The van der Waals surface area contributed by atoms with Crippen LogP contribution in [0.5, 0.6) is 5.75 Å². The van der Waals surface area contributed by atoms with Crippen LogP contribution >= 0.6 is 0 Å². The van der Waals surface area contributed by atoms with E-state index in [0.29, 0.717) is 12.5 Å². The number of anilines is 1. The summed E-state index contributed by atoms with van der Waals surface area (Å²) < 4.78 is 11.4. The Labute approximate surface area is 166 Å². The fourth-order valence-corrected chi connectivity index (χ4v) is 3.50. The second-order valence-electron chi connectivity index (χ2n) is 7.73. The van der Waals surface area contributed by atoms with Crippen LogP contribution in [0.4, 0.5) is 5.69 Å². The van der Waals surface area contributed by atoms with E-state index < -0.39 is 0 Å². The molecular formula is C23H28N2O3. The summed E-state index contributed by atoms with van der Waals surface area (Å²) in [5, 5.41) is 3.10. The lowest BCUT2D eigenvalue weighted by Gasteiger charge is -2.20. The minimum atomic E-state index is -0.00700. The van der Waals surface area contributed by atoms with Crippen molar-refractivity contribution < 1.29 is 14.3 Å². The van der Waals surface area contributed by atoms with E-state index in [1.165, 1.54) is 12.8 Å². The molecule has 1 atom stereocenters. The second-order valence-corrected chi connectivity index (χ2v) is 7.73. The summed E-state index contributed by atoms with van der Waals surface area (Å²) in [5.41, 5.74) is 2.29. The van der Waals surface area contributed by atoms with E-state index in [-0.39, 0.29) is 18.6 Å². The van der Waals surface area contributed by atoms with Crippen molar-refractivity contribution in [3.63, 3.8) is 0 Å². The lowest BCUT2D eigenvalue weighted by molar-refractivity contribution is -0.126. The number of rotatable bonds is 9. The van der Waals surface area contributed by atoms with Gasteiger partial charge < -0.3 is 19.7 Å². The van der Waals surface area contributed by atoms with Gasteiger partial charge in [0.05, 0.1) is 6.61 Å². The van der Waals surface area contributed by atoms with Crippen LogP contribution in [0.1, 0.15) is 24.8 Å². The highest BCUT2D eigenvalue weighted by Crippen LogP contribution is 2.28. The Bertz CT molecular complexity index is 776. The van der Waals surface area contributed by atoms with Crippen molar-refractivity contribution in [1.29, 1.82) is 0 Å². The zero-order valence-corrected chi connectivity index (χ0v) is 16.2. The third-order valence-corrected chi connectivity index (χ3v) is 5.27. The van der Waals surface area contributed by atoms with Crippen molar-refractivity contribution in [3.05, 3.63) is 60.2 Å². The van der Waals surface area contributed by atoms with Gasteiger partial charge >= 0.3 is 0 Å². The SMILES string of the molecule is O=C(COCC1CC1)N[C@H]1CCN(c2cccc(OCc3ccccc3)c2)C1. The van der Waals surface area contributed by atoms with E-state index in [1.54, 1.807) is 0 Å². The highest BCUT2D eigenvalue weighted by Gasteiger charge is 2.25. The predicted octanol–water partition coefficient (Wildman–Crippen LogP) is 3.39. The van der Waals surface area contributed by atoms with E-state index in [9.17, 15) is 4.79 Å². The molecule has 28 heavy (non-hydrogen) atoms. The molecule has 2 aromatic rings. The molecule has 148 valence electrons. The summed E-state index contributed by atoms with van der Waals surface area (Å²) >= 11 is 0. The lowest BCUT2D eigenvalue weighted by Crippen LogP contribution is -2.39. The van der Waals surface area contributed by atoms with Crippen LogP contribution in [0.3, 0.4) is 0 Å².